The SMILES string of the molecule is CC[C@H]1CC[C@@H](C2=Nc3ccc4cc5c(cc4c3C2)OCc2cc(-c3cnc([C@@H]4CC[C@H](C)N4C(=O)[C@@H](NC(=O)OC)C(C)C)[nH]3)ccc2-5)N1C(=O)[C@@H](NC(=O)OC)C1C[C@@H](C)O[C@H](C)C1. The molecule has 1 aromatic heterocycles. The Hall–Kier alpha value is -5.96. The summed E-state index contributed by atoms with van der Waals surface area (Å²) in [6, 6.07) is 13.1. The molecular formula is C51H63N7O8. The summed E-state index contributed by atoms with van der Waals surface area (Å²) in [6.45, 7) is 12.4. The molecule has 0 unspecified atom stereocenters. The number of carbonyl (C=O) groups is 4. The van der Waals surface area contributed by atoms with Gasteiger partial charge in [0.15, 0.2) is 0 Å². The zero-order valence-electron chi connectivity index (χ0n) is 39.3. The molecule has 3 fully saturated rings. The highest BCUT2D eigenvalue weighted by Gasteiger charge is 2.46. The summed E-state index contributed by atoms with van der Waals surface area (Å²) in [5.41, 5.74) is 8.02. The molecule has 3 saturated heterocycles. The minimum atomic E-state index is -0.725. The molecule has 15 nitrogen and oxygen atoms in total. The fourth-order valence-corrected chi connectivity index (χ4v) is 11.4. The predicted octanol–water partition coefficient (Wildman–Crippen LogP) is 8.55. The van der Waals surface area contributed by atoms with Crippen LogP contribution in [0.4, 0.5) is 15.3 Å². The van der Waals surface area contributed by atoms with E-state index in [1.54, 1.807) is 0 Å². The maximum atomic E-state index is 14.8. The Labute approximate surface area is 386 Å². The quantitative estimate of drug-likeness (QED) is 0.141. The second kappa shape index (κ2) is 18.4. The Balaban J connectivity index is 0.941. The molecule has 9 rings (SSSR count). The first-order valence-corrected chi connectivity index (χ1v) is 23.7. The number of likely N-dealkylation sites (tertiary alicyclic amines) is 2. The summed E-state index contributed by atoms with van der Waals surface area (Å²) >= 11 is 0. The van der Waals surface area contributed by atoms with Crippen LogP contribution >= 0.6 is 0 Å². The van der Waals surface area contributed by atoms with E-state index in [9.17, 15) is 19.2 Å². The minimum Gasteiger partial charge on any atom is -0.488 e. The van der Waals surface area contributed by atoms with Crippen LogP contribution in [-0.2, 0) is 36.8 Å². The smallest absolute Gasteiger partial charge is 0.407 e. The van der Waals surface area contributed by atoms with Crippen LogP contribution in [0, 0.1) is 11.8 Å². The number of nitrogens with one attached hydrogen (secondary N) is 3. The molecule has 6 heterocycles. The Bertz CT molecular complexity index is 2560. The van der Waals surface area contributed by atoms with Crippen molar-refractivity contribution in [2.75, 3.05) is 14.2 Å². The molecular weight excluding hydrogens is 839 g/mol. The number of methoxy groups -OCH3 is 2. The number of ether oxygens (including phenoxy) is 4. The number of alkyl carbamates (subject to hydrolysis) is 2. The van der Waals surface area contributed by atoms with E-state index in [4.69, 9.17) is 28.9 Å². The van der Waals surface area contributed by atoms with Crippen LogP contribution in [0.1, 0.15) is 109 Å². The average Bonchev–Trinajstić information content (AvgIpc) is 4.13. The second-order valence-electron chi connectivity index (χ2n) is 19.3. The van der Waals surface area contributed by atoms with E-state index in [0.29, 0.717) is 31.7 Å². The number of aromatic amines is 1. The lowest BCUT2D eigenvalue weighted by Gasteiger charge is -2.40. The molecule has 0 saturated carbocycles. The summed E-state index contributed by atoms with van der Waals surface area (Å²) in [7, 11) is 2.63. The lowest BCUT2D eigenvalue weighted by Crippen LogP contribution is -2.58. The van der Waals surface area contributed by atoms with Crippen molar-refractivity contribution in [1.29, 1.82) is 0 Å². The molecule has 0 radical (unpaired) electrons. The molecule has 3 aromatic carbocycles. The van der Waals surface area contributed by atoms with Crippen molar-refractivity contribution in [3.63, 3.8) is 0 Å². The minimum absolute atomic E-state index is 0.0156. The lowest BCUT2D eigenvalue weighted by molar-refractivity contribution is -0.139. The number of nitrogens with zero attached hydrogens (tertiary/aromatic N) is 4. The number of hydrogen-bond donors (Lipinski definition) is 3. The highest BCUT2D eigenvalue weighted by molar-refractivity contribution is 6.07. The molecule has 4 aromatic rings. The van der Waals surface area contributed by atoms with Crippen molar-refractivity contribution in [1.82, 2.24) is 30.4 Å². The first kappa shape index (κ1) is 45.2. The van der Waals surface area contributed by atoms with E-state index in [2.05, 4.69) is 65.0 Å². The topological polar surface area (TPSA) is 177 Å². The van der Waals surface area contributed by atoms with Gasteiger partial charge in [-0.3, -0.25) is 14.6 Å². The molecule has 66 heavy (non-hydrogen) atoms. The third kappa shape index (κ3) is 8.39. The number of hydrogen-bond acceptors (Lipinski definition) is 10. The monoisotopic (exact) mass is 901 g/mol. The maximum absolute atomic E-state index is 14.8. The van der Waals surface area contributed by atoms with Gasteiger partial charge in [-0.25, -0.2) is 14.6 Å². The van der Waals surface area contributed by atoms with Gasteiger partial charge in [0.1, 0.15) is 30.3 Å². The van der Waals surface area contributed by atoms with Crippen LogP contribution in [0.3, 0.4) is 0 Å². The fourth-order valence-electron chi connectivity index (χ4n) is 11.4. The number of H-pyrrole nitrogens is 1. The molecule has 4 amide bonds. The highest BCUT2D eigenvalue weighted by Crippen LogP contribution is 2.46. The second-order valence-corrected chi connectivity index (χ2v) is 19.3. The van der Waals surface area contributed by atoms with Crippen LogP contribution in [0.2, 0.25) is 0 Å². The number of benzene rings is 3. The van der Waals surface area contributed by atoms with Gasteiger partial charge < -0.3 is 44.4 Å². The van der Waals surface area contributed by atoms with Crippen molar-refractivity contribution in [2.45, 2.75) is 148 Å². The Kier molecular flexibility index (Phi) is 12.6. The van der Waals surface area contributed by atoms with E-state index in [1.807, 2.05) is 50.6 Å². The molecule has 15 heteroatoms. The van der Waals surface area contributed by atoms with E-state index < -0.39 is 24.3 Å². The van der Waals surface area contributed by atoms with Crippen molar-refractivity contribution >= 4 is 46.2 Å². The zero-order valence-corrected chi connectivity index (χ0v) is 39.3. The highest BCUT2D eigenvalue weighted by atomic mass is 16.5. The predicted molar refractivity (Wildman–Crippen MR) is 251 cm³/mol. The first-order chi connectivity index (χ1) is 31.8. The van der Waals surface area contributed by atoms with Gasteiger partial charge in [0.25, 0.3) is 0 Å². The third-order valence-corrected chi connectivity index (χ3v) is 14.7. The molecule has 350 valence electrons. The normalized spacial score (nSPS) is 25.3. The number of carbonyl (C=O) groups excluding carboxylic acids is 4. The summed E-state index contributed by atoms with van der Waals surface area (Å²) < 4.78 is 22.4. The van der Waals surface area contributed by atoms with Gasteiger partial charge in [0.2, 0.25) is 11.8 Å². The number of aliphatic imine (C=N–C) groups is 1. The van der Waals surface area contributed by atoms with Gasteiger partial charge in [-0.05, 0) is 135 Å². The van der Waals surface area contributed by atoms with Crippen LogP contribution in [0.25, 0.3) is 33.2 Å². The molecule has 0 bridgehead atoms. The van der Waals surface area contributed by atoms with Gasteiger partial charge in [-0.1, -0.05) is 39.0 Å². The molecule has 0 spiro atoms. The standard InChI is InChI=1S/C51H63N7O8/c1-9-34-13-17-42(58(34)49(60)46(56-51(62)64-8)32-18-28(5)66-29(6)19-32)40-22-37-36-23-44-38(21-30(36)12-15-39(37)53-40)35-14-11-31(20-33(35)25-65-44)41-24-52-47(54-41)43-16-10-27(4)57(43)48(59)45(26(2)3)55-50(61)63-7/h11-12,14-15,20-21,23-24,26-29,32,34,42-43,45-46H,9-10,13,16-19,22,25H2,1-8H3,(H,52,54)(H,55,61)(H,56,62)/t27-,28+,29+,34-,42-,43-,45-,46-/m0/s1. The van der Waals surface area contributed by atoms with E-state index >= 15 is 0 Å². The van der Waals surface area contributed by atoms with Crippen LogP contribution in [-0.4, -0.2) is 106 Å². The third-order valence-electron chi connectivity index (χ3n) is 14.7. The summed E-state index contributed by atoms with van der Waals surface area (Å²) in [4.78, 5) is 70.9. The Morgan fingerprint density at radius 2 is 1.61 bits per heavy atom. The van der Waals surface area contributed by atoms with Gasteiger partial charge in [0.05, 0.1) is 56.1 Å². The number of aromatic nitrogens is 2. The molecule has 5 aliphatic rings. The number of rotatable bonds is 10. The number of amides is 4. The summed E-state index contributed by atoms with van der Waals surface area (Å²) in [5, 5.41) is 7.85. The number of imidazole rings is 1. The summed E-state index contributed by atoms with van der Waals surface area (Å²) in [6.07, 6.45) is 6.58. The molecule has 8 atom stereocenters. The average molecular weight is 902 g/mol. The van der Waals surface area contributed by atoms with E-state index in [-0.39, 0.29) is 60.0 Å². The van der Waals surface area contributed by atoms with E-state index in [1.165, 1.54) is 14.2 Å². The molecule has 3 N–H and O–H groups in total. The van der Waals surface area contributed by atoms with Gasteiger partial charge >= 0.3 is 12.2 Å². The van der Waals surface area contributed by atoms with Crippen molar-refractivity contribution < 1.29 is 38.1 Å². The van der Waals surface area contributed by atoms with Gasteiger partial charge in [0, 0.05) is 29.8 Å². The fraction of sp³-hybridized carbons (Fsp3) is 0.529. The van der Waals surface area contributed by atoms with Crippen LogP contribution < -0.4 is 15.4 Å². The maximum Gasteiger partial charge on any atom is 0.407 e. The zero-order chi connectivity index (χ0) is 46.6. The van der Waals surface area contributed by atoms with Crippen LogP contribution in [0.15, 0.2) is 53.7 Å². The van der Waals surface area contributed by atoms with Crippen molar-refractivity contribution in [3.8, 4) is 28.1 Å². The van der Waals surface area contributed by atoms with Crippen molar-refractivity contribution in [3.05, 3.63) is 65.6 Å². The van der Waals surface area contributed by atoms with Crippen LogP contribution in [0.5, 0.6) is 5.75 Å². The van der Waals surface area contributed by atoms with Gasteiger partial charge in [-0.2, -0.15) is 0 Å². The van der Waals surface area contributed by atoms with Gasteiger partial charge in [-0.15, -0.1) is 0 Å². The Morgan fingerprint density at radius 1 is 0.864 bits per heavy atom. The largest absolute Gasteiger partial charge is 0.488 e. The first-order valence-electron chi connectivity index (χ1n) is 23.7. The Morgan fingerprint density at radius 3 is 2.33 bits per heavy atom. The molecule has 0 aliphatic carbocycles. The van der Waals surface area contributed by atoms with Crippen molar-refractivity contribution in [2.24, 2.45) is 16.8 Å². The molecule has 5 aliphatic heterocycles. The lowest BCUT2D eigenvalue weighted by atomic mass is 9.85. The number of fused-ring (bicyclic) bond motifs is 6. The van der Waals surface area contributed by atoms with E-state index in [0.717, 1.165) is 93.5 Å². The summed E-state index contributed by atoms with van der Waals surface area (Å²) in [5.74, 6) is 1.10.